The van der Waals surface area contributed by atoms with Crippen molar-refractivity contribution >= 4 is 23.7 Å². The Balaban J connectivity index is 2.01. The average molecular weight is 275 g/mol. The van der Waals surface area contributed by atoms with Gasteiger partial charge in [-0.2, -0.15) is 5.10 Å². The molecule has 0 aliphatic carbocycles. The van der Waals surface area contributed by atoms with Gasteiger partial charge in [-0.15, -0.1) is 0 Å². The number of carbonyl (C=O) groups is 1. The molecule has 2 rings (SSSR count). The number of hydrazone groups is 1. The summed E-state index contributed by atoms with van der Waals surface area (Å²) in [4.78, 5) is 11.7. The van der Waals surface area contributed by atoms with Gasteiger partial charge >= 0.3 is 0 Å². The molecule has 0 spiro atoms. The van der Waals surface area contributed by atoms with Crippen LogP contribution in [0.1, 0.15) is 15.9 Å². The number of nitrogens with one attached hydrogen (secondary N) is 1. The van der Waals surface area contributed by atoms with Gasteiger partial charge in [0.05, 0.1) is 11.8 Å². The summed E-state index contributed by atoms with van der Waals surface area (Å²) in [6, 6.07) is 13.3. The number of rotatable bonds is 3. The first-order valence-electron chi connectivity index (χ1n) is 5.54. The van der Waals surface area contributed by atoms with Gasteiger partial charge in [0.25, 0.3) is 5.91 Å². The molecule has 0 saturated heterocycles. The zero-order chi connectivity index (χ0) is 13.7. The summed E-state index contributed by atoms with van der Waals surface area (Å²) in [6.45, 7) is 0. The lowest BCUT2D eigenvalue weighted by atomic mass is 10.2. The van der Waals surface area contributed by atoms with Crippen LogP contribution in [0.3, 0.4) is 0 Å². The van der Waals surface area contributed by atoms with Gasteiger partial charge in [0.15, 0.2) is 0 Å². The zero-order valence-corrected chi connectivity index (χ0v) is 10.6. The number of amides is 1. The molecule has 19 heavy (non-hydrogen) atoms. The molecule has 96 valence electrons. The Morgan fingerprint density at radius 3 is 2.53 bits per heavy atom. The topological polar surface area (TPSA) is 61.7 Å². The molecule has 0 fully saturated rings. The molecule has 0 unspecified atom stereocenters. The van der Waals surface area contributed by atoms with Gasteiger partial charge in [-0.1, -0.05) is 35.9 Å². The number of halogens is 1. The fourth-order valence-electron chi connectivity index (χ4n) is 1.44. The Labute approximate surface area is 115 Å². The standard InChI is InChI=1S/C14H11ClN2O2/c15-11-7-5-10(6-8-11)9-16-17-14(19)12-3-1-2-4-13(12)18/h1-9,18H,(H,17,19)/b16-9-. The second-order valence-corrected chi connectivity index (χ2v) is 4.20. The first kappa shape index (κ1) is 13.1. The minimum absolute atomic E-state index is 0.0818. The predicted molar refractivity (Wildman–Crippen MR) is 74.6 cm³/mol. The highest BCUT2D eigenvalue weighted by Gasteiger charge is 2.08. The van der Waals surface area contributed by atoms with Crippen LogP contribution in [-0.2, 0) is 0 Å². The van der Waals surface area contributed by atoms with Crippen molar-refractivity contribution in [3.05, 3.63) is 64.7 Å². The molecule has 2 aromatic rings. The Kier molecular flexibility index (Phi) is 4.15. The van der Waals surface area contributed by atoms with Gasteiger partial charge in [0, 0.05) is 5.02 Å². The van der Waals surface area contributed by atoms with E-state index in [-0.39, 0.29) is 11.3 Å². The molecular formula is C14H11ClN2O2. The summed E-state index contributed by atoms with van der Waals surface area (Å²) >= 11 is 5.75. The number of benzene rings is 2. The highest BCUT2D eigenvalue weighted by atomic mass is 35.5. The van der Waals surface area contributed by atoms with E-state index in [1.54, 1.807) is 36.4 Å². The second kappa shape index (κ2) is 6.02. The van der Waals surface area contributed by atoms with Crippen molar-refractivity contribution < 1.29 is 9.90 Å². The normalized spacial score (nSPS) is 10.6. The molecule has 0 aliphatic heterocycles. The highest BCUT2D eigenvalue weighted by molar-refractivity contribution is 6.30. The predicted octanol–water partition coefficient (Wildman–Crippen LogP) is 2.81. The Bertz CT molecular complexity index is 609. The number of aromatic hydroxyl groups is 1. The van der Waals surface area contributed by atoms with Crippen molar-refractivity contribution in [1.82, 2.24) is 5.43 Å². The van der Waals surface area contributed by atoms with E-state index in [4.69, 9.17) is 11.6 Å². The quantitative estimate of drug-likeness (QED) is 0.668. The lowest BCUT2D eigenvalue weighted by molar-refractivity contribution is 0.0952. The number of hydrogen-bond acceptors (Lipinski definition) is 3. The van der Waals surface area contributed by atoms with Crippen molar-refractivity contribution in [2.24, 2.45) is 5.10 Å². The number of phenolic OH excluding ortho intramolecular Hbond substituents is 1. The van der Waals surface area contributed by atoms with Crippen molar-refractivity contribution in [2.45, 2.75) is 0 Å². The van der Waals surface area contributed by atoms with Crippen LogP contribution in [0.5, 0.6) is 5.75 Å². The smallest absolute Gasteiger partial charge is 0.275 e. The largest absolute Gasteiger partial charge is 0.507 e. The fraction of sp³-hybridized carbons (Fsp3) is 0. The molecule has 0 radical (unpaired) electrons. The molecule has 0 saturated carbocycles. The summed E-state index contributed by atoms with van der Waals surface area (Å²) in [6.07, 6.45) is 1.49. The zero-order valence-electron chi connectivity index (χ0n) is 9.88. The number of para-hydroxylation sites is 1. The van der Waals surface area contributed by atoms with Crippen LogP contribution in [0.2, 0.25) is 5.02 Å². The fourth-order valence-corrected chi connectivity index (χ4v) is 1.57. The van der Waals surface area contributed by atoms with Crippen molar-refractivity contribution in [1.29, 1.82) is 0 Å². The highest BCUT2D eigenvalue weighted by Crippen LogP contribution is 2.14. The summed E-state index contributed by atoms with van der Waals surface area (Å²) in [5.41, 5.74) is 3.32. The van der Waals surface area contributed by atoms with Gasteiger partial charge in [0.2, 0.25) is 0 Å². The van der Waals surface area contributed by atoms with Gasteiger partial charge in [-0.25, -0.2) is 5.43 Å². The SMILES string of the molecule is O=C(N/N=C\c1ccc(Cl)cc1)c1ccccc1O. The molecule has 5 heteroatoms. The van der Waals surface area contributed by atoms with Crippen LogP contribution in [-0.4, -0.2) is 17.2 Å². The third-order valence-corrected chi connectivity index (χ3v) is 2.65. The van der Waals surface area contributed by atoms with E-state index < -0.39 is 5.91 Å². The van der Waals surface area contributed by atoms with Crippen molar-refractivity contribution in [3.8, 4) is 5.75 Å². The molecule has 2 aromatic carbocycles. The van der Waals surface area contributed by atoms with E-state index in [0.29, 0.717) is 5.02 Å². The first-order chi connectivity index (χ1) is 9.16. The summed E-state index contributed by atoms with van der Waals surface area (Å²) < 4.78 is 0. The molecule has 0 heterocycles. The molecule has 0 aliphatic rings. The molecular weight excluding hydrogens is 264 g/mol. The molecule has 0 aromatic heterocycles. The Morgan fingerprint density at radius 1 is 1.16 bits per heavy atom. The number of hydrogen-bond donors (Lipinski definition) is 2. The van der Waals surface area contributed by atoms with E-state index in [1.807, 2.05) is 0 Å². The van der Waals surface area contributed by atoms with Crippen LogP contribution >= 0.6 is 11.6 Å². The minimum Gasteiger partial charge on any atom is -0.507 e. The maximum atomic E-state index is 11.7. The second-order valence-electron chi connectivity index (χ2n) is 3.77. The van der Waals surface area contributed by atoms with E-state index in [1.165, 1.54) is 18.3 Å². The Morgan fingerprint density at radius 2 is 1.84 bits per heavy atom. The van der Waals surface area contributed by atoms with Crippen LogP contribution < -0.4 is 5.43 Å². The van der Waals surface area contributed by atoms with Gasteiger partial charge in [-0.05, 0) is 29.8 Å². The lowest BCUT2D eigenvalue weighted by Crippen LogP contribution is -2.17. The molecule has 0 atom stereocenters. The maximum absolute atomic E-state index is 11.7. The minimum atomic E-state index is -0.469. The van der Waals surface area contributed by atoms with Crippen LogP contribution in [0, 0.1) is 0 Å². The van der Waals surface area contributed by atoms with Crippen LogP contribution in [0.15, 0.2) is 53.6 Å². The maximum Gasteiger partial charge on any atom is 0.275 e. The molecule has 4 nitrogen and oxygen atoms in total. The number of phenols is 1. The molecule has 1 amide bonds. The van der Waals surface area contributed by atoms with Crippen LogP contribution in [0.25, 0.3) is 0 Å². The number of carbonyl (C=O) groups excluding carboxylic acids is 1. The van der Waals surface area contributed by atoms with E-state index in [2.05, 4.69) is 10.5 Å². The first-order valence-corrected chi connectivity index (χ1v) is 5.91. The van der Waals surface area contributed by atoms with E-state index in [9.17, 15) is 9.90 Å². The summed E-state index contributed by atoms with van der Waals surface area (Å²) in [5, 5.41) is 13.9. The monoisotopic (exact) mass is 274 g/mol. The molecule has 2 N–H and O–H groups in total. The molecule has 0 bridgehead atoms. The average Bonchev–Trinajstić information content (AvgIpc) is 2.41. The van der Waals surface area contributed by atoms with Gasteiger partial charge in [0.1, 0.15) is 5.75 Å². The van der Waals surface area contributed by atoms with Crippen molar-refractivity contribution in [2.75, 3.05) is 0 Å². The van der Waals surface area contributed by atoms with Crippen molar-refractivity contribution in [3.63, 3.8) is 0 Å². The number of nitrogens with zero attached hydrogens (tertiary/aromatic N) is 1. The van der Waals surface area contributed by atoms with Gasteiger partial charge in [-0.3, -0.25) is 4.79 Å². The third-order valence-electron chi connectivity index (χ3n) is 2.40. The Hall–Kier alpha value is -2.33. The summed E-state index contributed by atoms with van der Waals surface area (Å²) in [7, 11) is 0. The summed E-state index contributed by atoms with van der Waals surface area (Å²) in [5.74, 6) is -0.551. The van der Waals surface area contributed by atoms with Crippen LogP contribution in [0.4, 0.5) is 0 Å². The van der Waals surface area contributed by atoms with E-state index in [0.717, 1.165) is 5.56 Å². The van der Waals surface area contributed by atoms with E-state index >= 15 is 0 Å². The van der Waals surface area contributed by atoms with Gasteiger partial charge < -0.3 is 5.11 Å². The third kappa shape index (κ3) is 3.56. The lowest BCUT2D eigenvalue weighted by Gasteiger charge is -2.01.